The Balaban J connectivity index is 1.36. The number of anilines is 2. The third-order valence-corrected chi connectivity index (χ3v) is 7.43. The number of nitro groups is 1. The Morgan fingerprint density at radius 2 is 1.85 bits per heavy atom. The molecule has 2 fully saturated rings. The molecule has 0 radical (unpaired) electrons. The van der Waals surface area contributed by atoms with Crippen molar-refractivity contribution in [3.63, 3.8) is 0 Å². The molecule has 8 nitrogen and oxygen atoms in total. The number of likely N-dealkylation sites (N-methyl/N-ethyl adjacent to an activating group) is 1. The second-order valence-corrected chi connectivity index (χ2v) is 9.63. The fraction of sp³-hybridized carbons (Fsp3) is 0.458. The van der Waals surface area contributed by atoms with E-state index in [-0.39, 0.29) is 28.5 Å². The number of nitro benzene ring substituents is 1. The van der Waals surface area contributed by atoms with E-state index in [2.05, 4.69) is 21.7 Å². The van der Waals surface area contributed by atoms with Gasteiger partial charge in [0.25, 0.3) is 5.69 Å². The van der Waals surface area contributed by atoms with Crippen molar-refractivity contribution in [2.45, 2.75) is 12.5 Å². The number of hydrogen-bond acceptors (Lipinski definition) is 6. The topological polar surface area (TPSA) is 73.2 Å². The van der Waals surface area contributed by atoms with E-state index >= 15 is 0 Å². The van der Waals surface area contributed by atoms with Crippen LogP contribution in [-0.2, 0) is 11.2 Å². The fourth-order valence-corrected chi connectivity index (χ4v) is 5.63. The van der Waals surface area contributed by atoms with Crippen LogP contribution in [0.15, 0.2) is 42.5 Å². The van der Waals surface area contributed by atoms with Gasteiger partial charge in [0.1, 0.15) is 0 Å². The molecule has 9 heteroatoms. The Hall–Kier alpha value is -2.84. The molecule has 0 aromatic heterocycles. The maximum absolute atomic E-state index is 13.7. The van der Waals surface area contributed by atoms with Crippen LogP contribution in [0.5, 0.6) is 0 Å². The molecule has 2 saturated heterocycles. The Morgan fingerprint density at radius 1 is 1.06 bits per heavy atom. The predicted molar refractivity (Wildman–Crippen MR) is 129 cm³/mol. The maximum atomic E-state index is 13.7. The van der Waals surface area contributed by atoms with Crippen molar-refractivity contribution in [3.8, 4) is 0 Å². The van der Waals surface area contributed by atoms with Crippen molar-refractivity contribution < 1.29 is 9.72 Å². The number of nitrogens with zero attached hydrogens (tertiary/aromatic N) is 5. The van der Waals surface area contributed by atoms with Gasteiger partial charge >= 0.3 is 0 Å². The summed E-state index contributed by atoms with van der Waals surface area (Å²) in [6, 6.07) is 13.0. The van der Waals surface area contributed by atoms with E-state index < -0.39 is 0 Å². The molecule has 0 aliphatic carbocycles. The normalized spacial score (nSPS) is 23.2. The van der Waals surface area contributed by atoms with Crippen LogP contribution >= 0.6 is 11.6 Å². The van der Waals surface area contributed by atoms with Gasteiger partial charge in [-0.05, 0) is 43.3 Å². The highest BCUT2D eigenvalue weighted by Gasteiger charge is 2.43. The van der Waals surface area contributed by atoms with Crippen LogP contribution in [0.3, 0.4) is 0 Å². The minimum Gasteiger partial charge on any atom is -0.368 e. The van der Waals surface area contributed by atoms with Crippen LogP contribution < -0.4 is 9.80 Å². The molecule has 33 heavy (non-hydrogen) atoms. The van der Waals surface area contributed by atoms with Crippen LogP contribution in [0.25, 0.3) is 0 Å². The molecule has 2 atom stereocenters. The van der Waals surface area contributed by atoms with Crippen molar-refractivity contribution >= 4 is 34.6 Å². The number of halogens is 1. The van der Waals surface area contributed by atoms with Crippen molar-refractivity contribution in [2.24, 2.45) is 5.92 Å². The summed E-state index contributed by atoms with van der Waals surface area (Å²) in [6.45, 7) is 5.38. The van der Waals surface area contributed by atoms with E-state index in [1.165, 1.54) is 0 Å². The maximum Gasteiger partial charge on any atom is 0.269 e. The number of piperazine rings is 2. The van der Waals surface area contributed by atoms with Gasteiger partial charge in [-0.25, -0.2) is 0 Å². The number of carbonyl (C=O) groups excluding carboxylic acids is 1. The van der Waals surface area contributed by atoms with Crippen LogP contribution in [0.1, 0.15) is 5.56 Å². The lowest BCUT2D eigenvalue weighted by molar-refractivity contribution is -0.384. The van der Waals surface area contributed by atoms with Gasteiger partial charge in [0.15, 0.2) is 0 Å². The number of hydrogen-bond donors (Lipinski definition) is 0. The van der Waals surface area contributed by atoms with Crippen LogP contribution in [0.2, 0.25) is 5.02 Å². The summed E-state index contributed by atoms with van der Waals surface area (Å²) in [6.07, 6.45) is 0.541. The Labute approximate surface area is 198 Å². The lowest BCUT2D eigenvalue weighted by atomic mass is 9.82. The predicted octanol–water partition coefficient (Wildman–Crippen LogP) is 2.89. The molecule has 0 saturated carbocycles. The monoisotopic (exact) mass is 469 g/mol. The first kappa shape index (κ1) is 22.0. The molecular formula is C24H28ClN5O3. The van der Waals surface area contributed by atoms with Crippen LogP contribution in [0.4, 0.5) is 17.1 Å². The van der Waals surface area contributed by atoms with Gasteiger partial charge in [-0.1, -0.05) is 17.7 Å². The zero-order chi connectivity index (χ0) is 23.1. The SMILES string of the molecule is CN1CCN2c3ccc([N+](=O)[O-])cc3C[C@H](C(=O)N3CCN(c4cccc(Cl)c4)CC3)[C@@H]2C1. The summed E-state index contributed by atoms with van der Waals surface area (Å²) in [7, 11) is 2.09. The molecule has 3 aliphatic rings. The highest BCUT2D eigenvalue weighted by molar-refractivity contribution is 6.30. The van der Waals surface area contributed by atoms with Gasteiger partial charge in [0, 0.05) is 74.3 Å². The van der Waals surface area contributed by atoms with E-state index in [1.54, 1.807) is 12.1 Å². The van der Waals surface area contributed by atoms with Gasteiger partial charge in [0.2, 0.25) is 5.91 Å². The standard InChI is InChI=1S/C24H28ClN5O3/c1-26-7-12-29-22-6-5-20(30(32)33)13-17(22)14-21(23(29)16-26)24(31)28-10-8-27(9-11-28)19-4-2-3-18(25)15-19/h2-6,13,15,21,23H,7-12,14,16H2,1H3/t21-,23-/m0/s1. The first-order valence-electron chi connectivity index (χ1n) is 11.4. The lowest BCUT2D eigenvalue weighted by Gasteiger charge is -2.49. The van der Waals surface area contributed by atoms with E-state index in [1.807, 2.05) is 35.2 Å². The molecule has 2 aromatic carbocycles. The molecule has 3 aliphatic heterocycles. The summed E-state index contributed by atoms with van der Waals surface area (Å²) in [4.78, 5) is 33.5. The Kier molecular flexibility index (Phi) is 5.88. The summed E-state index contributed by atoms with van der Waals surface area (Å²) < 4.78 is 0. The third-order valence-electron chi connectivity index (χ3n) is 7.19. The minimum absolute atomic E-state index is 0.0798. The molecule has 5 rings (SSSR count). The van der Waals surface area contributed by atoms with Gasteiger partial charge in [0.05, 0.1) is 16.9 Å². The first-order valence-corrected chi connectivity index (χ1v) is 11.8. The van der Waals surface area contributed by atoms with E-state index in [0.29, 0.717) is 24.5 Å². The van der Waals surface area contributed by atoms with E-state index in [9.17, 15) is 14.9 Å². The number of non-ortho nitro benzene ring substituents is 1. The fourth-order valence-electron chi connectivity index (χ4n) is 5.44. The highest BCUT2D eigenvalue weighted by Crippen LogP contribution is 2.38. The molecule has 1 amide bonds. The molecule has 0 unspecified atom stereocenters. The van der Waals surface area contributed by atoms with Crippen molar-refractivity contribution in [2.75, 3.05) is 62.7 Å². The second-order valence-electron chi connectivity index (χ2n) is 9.20. The van der Waals surface area contributed by atoms with Crippen LogP contribution in [-0.4, -0.2) is 79.5 Å². The first-order chi connectivity index (χ1) is 15.9. The smallest absolute Gasteiger partial charge is 0.269 e. The number of benzene rings is 2. The zero-order valence-corrected chi connectivity index (χ0v) is 19.4. The van der Waals surface area contributed by atoms with Gasteiger partial charge in [-0.15, -0.1) is 0 Å². The average Bonchev–Trinajstić information content (AvgIpc) is 2.82. The lowest BCUT2D eigenvalue weighted by Crippen LogP contribution is -2.61. The molecule has 3 heterocycles. The van der Waals surface area contributed by atoms with Crippen molar-refractivity contribution in [3.05, 3.63) is 63.2 Å². The molecule has 0 spiro atoms. The molecular weight excluding hydrogens is 442 g/mol. The van der Waals surface area contributed by atoms with Crippen molar-refractivity contribution in [1.29, 1.82) is 0 Å². The third kappa shape index (κ3) is 4.25. The van der Waals surface area contributed by atoms with Gasteiger partial charge in [-0.3, -0.25) is 14.9 Å². The minimum atomic E-state index is -0.359. The Morgan fingerprint density at radius 3 is 2.58 bits per heavy atom. The molecule has 2 aromatic rings. The summed E-state index contributed by atoms with van der Waals surface area (Å²) >= 11 is 6.15. The van der Waals surface area contributed by atoms with Crippen molar-refractivity contribution in [1.82, 2.24) is 9.80 Å². The highest BCUT2D eigenvalue weighted by atomic mass is 35.5. The van der Waals surface area contributed by atoms with Crippen LogP contribution in [0, 0.1) is 16.0 Å². The molecule has 174 valence electrons. The number of amides is 1. The van der Waals surface area contributed by atoms with Gasteiger partial charge < -0.3 is 19.6 Å². The molecule has 0 bridgehead atoms. The summed E-state index contributed by atoms with van der Waals surface area (Å²) in [5, 5.41) is 12.1. The molecule has 0 N–H and O–H groups in total. The summed E-state index contributed by atoms with van der Waals surface area (Å²) in [5.41, 5.74) is 3.10. The largest absolute Gasteiger partial charge is 0.368 e. The average molecular weight is 470 g/mol. The van der Waals surface area contributed by atoms with E-state index in [0.717, 1.165) is 49.7 Å². The quantitative estimate of drug-likeness (QED) is 0.508. The number of rotatable bonds is 3. The summed E-state index contributed by atoms with van der Waals surface area (Å²) in [5.74, 6) is -0.0526. The zero-order valence-electron chi connectivity index (χ0n) is 18.7. The van der Waals surface area contributed by atoms with E-state index in [4.69, 9.17) is 11.6 Å². The number of carbonyl (C=O) groups is 1. The Bertz CT molecular complexity index is 1070. The second kappa shape index (κ2) is 8.83. The van der Waals surface area contributed by atoms with Gasteiger partial charge in [-0.2, -0.15) is 0 Å². The number of fused-ring (bicyclic) bond motifs is 3.